The third kappa shape index (κ3) is 8.34. The summed E-state index contributed by atoms with van der Waals surface area (Å²) in [7, 11) is -10.4. The summed E-state index contributed by atoms with van der Waals surface area (Å²) in [5, 5.41) is 2.01. The second kappa shape index (κ2) is 17.7. The zero-order valence-electron chi connectivity index (χ0n) is 41.9. The Kier molecular flexibility index (Phi) is 12.0. The fourth-order valence-corrected chi connectivity index (χ4v) is 35.5. The van der Waals surface area contributed by atoms with Crippen molar-refractivity contribution >= 4 is 73.4 Å². The summed E-state index contributed by atoms with van der Waals surface area (Å²) < 4.78 is 35.8. The first-order valence-corrected chi connectivity index (χ1v) is 36.0. The van der Waals surface area contributed by atoms with E-state index in [-0.39, 0.29) is 76.1 Å². The van der Waals surface area contributed by atoms with E-state index >= 15 is 0 Å². The van der Waals surface area contributed by atoms with E-state index in [1.165, 1.54) is 9.80 Å². The van der Waals surface area contributed by atoms with Crippen LogP contribution in [0.5, 0.6) is 23.0 Å². The number of benzene rings is 5. The number of fused-ring (bicyclic) bond motifs is 10. The van der Waals surface area contributed by atoms with Crippen LogP contribution in [0.25, 0.3) is 0 Å². The molecule has 5 aromatic rings. The Labute approximate surface area is 421 Å². The molecule has 6 fully saturated rings. The minimum atomic E-state index is -3.58. The summed E-state index contributed by atoms with van der Waals surface area (Å²) in [5.74, 6) is 1.29. The number of likely N-dealkylation sites (tertiary alicyclic amines) is 1. The van der Waals surface area contributed by atoms with Gasteiger partial charge in [0.05, 0.1) is 29.4 Å². The third-order valence-corrected chi connectivity index (χ3v) is 34.5. The smallest absolute Gasteiger partial charge is 0.388 e. The van der Waals surface area contributed by atoms with E-state index in [0.717, 1.165) is 47.4 Å². The van der Waals surface area contributed by atoms with Crippen LogP contribution in [-0.4, -0.2) is 69.3 Å². The number of amides is 4. The van der Waals surface area contributed by atoms with Crippen LogP contribution in [0.4, 0.5) is 5.69 Å². The van der Waals surface area contributed by atoms with Gasteiger partial charge >= 0.3 is 17.1 Å². The topological polar surface area (TPSA) is 121 Å². The van der Waals surface area contributed by atoms with Gasteiger partial charge in [0.25, 0.3) is 0 Å². The first-order chi connectivity index (χ1) is 33.8. The van der Waals surface area contributed by atoms with Crippen LogP contribution < -0.4 is 24.7 Å². The van der Waals surface area contributed by atoms with Gasteiger partial charge in [0.15, 0.2) is 16.6 Å². The molecule has 4 bridgehead atoms. The molecule has 2 saturated heterocycles. The van der Waals surface area contributed by atoms with Gasteiger partial charge in [-0.2, -0.15) is 0 Å². The van der Waals surface area contributed by atoms with Gasteiger partial charge in [0, 0.05) is 19.2 Å². The highest BCUT2D eigenvalue weighted by Crippen LogP contribution is 2.65. The van der Waals surface area contributed by atoms with E-state index in [1.807, 2.05) is 85.8 Å². The number of hydrogen-bond donors (Lipinski definition) is 0. The SMILES string of the molecule is Cc1cccc(Oc2cccc(Oc3cccc(N4C(=O)C5C6CC(C5C4=O)C([Si](C)(C)O[Si](O[Si](C)(C)O[Si](C)(C)C4CC5CC4C4C(=O)N(C)C(=O)C54)(c4ccccc4)c4ccccc4)C6)c3)c2)c1. The third-order valence-electron chi connectivity index (χ3n) is 17.0. The molecule has 15 heteroatoms. The molecule has 2 aliphatic heterocycles. The highest BCUT2D eigenvalue weighted by molar-refractivity contribution is 7.02. The molecule has 4 amide bonds. The molecule has 0 radical (unpaired) electrons. The number of carbonyl (C=O) groups is 4. The van der Waals surface area contributed by atoms with Crippen LogP contribution in [0.1, 0.15) is 31.2 Å². The van der Waals surface area contributed by atoms with Gasteiger partial charge in [-0.25, -0.2) is 4.90 Å². The van der Waals surface area contributed by atoms with E-state index in [0.29, 0.717) is 22.9 Å². The van der Waals surface area contributed by atoms with Crippen molar-refractivity contribution in [2.24, 2.45) is 47.3 Å². The van der Waals surface area contributed by atoms with E-state index < -0.39 is 39.7 Å². The maximum absolute atomic E-state index is 14.8. The van der Waals surface area contributed by atoms with Gasteiger partial charge in [-0.3, -0.25) is 24.1 Å². The summed E-state index contributed by atoms with van der Waals surface area (Å²) in [6.07, 6.45) is 3.45. The number of carbonyl (C=O) groups excluding carboxylic acids is 4. The van der Waals surface area contributed by atoms with Crippen molar-refractivity contribution in [3.8, 4) is 23.0 Å². The van der Waals surface area contributed by atoms with Crippen LogP contribution in [0.15, 0.2) is 133 Å². The van der Waals surface area contributed by atoms with E-state index in [1.54, 1.807) is 13.1 Å². The zero-order valence-corrected chi connectivity index (χ0v) is 45.9. The Bertz CT molecular complexity index is 2880. The van der Waals surface area contributed by atoms with Crippen LogP contribution in [0, 0.1) is 54.3 Å². The standard InChI is InChI=1S/C56H64N2O9Si4/c1-35-18-15-20-39(28-35)63-41-22-17-23-42(34-41)64-40-21-16-19-38(33-40)58-55(61)50-37-30-46(52(50)56(58)62)48(32-37)69(5,6)66-71(43-24-11-9-12-25-43,44-26-13-10-14-27-44)67-70(7,8)65-68(3,4)47-31-36-29-45(47)51-49(36)53(59)57(2)54(51)60/h9-28,33-34,36-37,45-52H,29-32H2,1-8H3. The maximum atomic E-state index is 14.8. The highest BCUT2D eigenvalue weighted by Gasteiger charge is 2.69. The molecule has 368 valence electrons. The quantitative estimate of drug-likeness (QED) is 0.0746. The number of aryl methyl sites for hydroxylation is 1. The fourth-order valence-electron chi connectivity index (χ4n) is 14.4. The number of ether oxygens (including phenoxy) is 2. The van der Waals surface area contributed by atoms with Crippen molar-refractivity contribution in [2.75, 3.05) is 11.9 Å². The van der Waals surface area contributed by atoms with Crippen molar-refractivity contribution < 1.29 is 41.0 Å². The van der Waals surface area contributed by atoms with Crippen LogP contribution >= 0.6 is 0 Å². The summed E-state index contributed by atoms with van der Waals surface area (Å²) in [6.45, 7) is 15.5. The molecule has 6 aliphatic rings. The molecule has 11 rings (SSSR count). The normalized spacial score (nSPS) is 28.0. The number of nitrogens with zero attached hydrogens (tertiary/aromatic N) is 2. The minimum Gasteiger partial charge on any atom is -0.457 e. The Morgan fingerprint density at radius 2 is 0.915 bits per heavy atom. The number of imide groups is 2. The maximum Gasteiger partial charge on any atom is 0.388 e. The van der Waals surface area contributed by atoms with Crippen molar-refractivity contribution in [3.05, 3.63) is 139 Å². The molecule has 10 unspecified atom stereocenters. The molecular formula is C56H64N2O9Si4. The summed E-state index contributed by atoms with van der Waals surface area (Å²) in [4.78, 5) is 58.8. The lowest BCUT2D eigenvalue weighted by Crippen LogP contribution is -2.72. The van der Waals surface area contributed by atoms with Gasteiger partial charge in [-0.15, -0.1) is 0 Å². The number of rotatable bonds is 15. The Balaban J connectivity index is 0.847. The lowest BCUT2D eigenvalue weighted by Gasteiger charge is -2.48. The van der Waals surface area contributed by atoms with Gasteiger partial charge in [-0.05, 0) is 159 Å². The fraction of sp³-hybridized carbons (Fsp3) is 0.393. The molecule has 2 heterocycles. The lowest BCUT2D eigenvalue weighted by molar-refractivity contribution is -0.139. The molecule has 0 aromatic heterocycles. The van der Waals surface area contributed by atoms with Crippen molar-refractivity contribution in [2.45, 2.75) is 83.0 Å². The Morgan fingerprint density at radius 1 is 0.465 bits per heavy atom. The van der Waals surface area contributed by atoms with Crippen molar-refractivity contribution in [1.82, 2.24) is 4.90 Å². The van der Waals surface area contributed by atoms with Crippen LogP contribution in [0.3, 0.4) is 0 Å². The van der Waals surface area contributed by atoms with E-state index in [4.69, 9.17) is 21.8 Å². The molecule has 0 N–H and O–H groups in total. The summed E-state index contributed by atoms with van der Waals surface area (Å²) in [6, 6.07) is 43.3. The monoisotopic (exact) mass is 1020 g/mol. The number of anilines is 1. The van der Waals surface area contributed by atoms with Crippen LogP contribution in [-0.2, 0) is 31.5 Å². The van der Waals surface area contributed by atoms with Gasteiger partial charge in [-0.1, -0.05) is 84.9 Å². The molecule has 10 atom stereocenters. The second-order valence-corrected chi connectivity index (χ2v) is 38.1. The molecule has 4 aliphatic carbocycles. The molecule has 0 spiro atoms. The van der Waals surface area contributed by atoms with Crippen molar-refractivity contribution in [3.63, 3.8) is 0 Å². The average Bonchev–Trinajstić information content (AvgIpc) is 4.20. The first kappa shape index (κ1) is 48.0. The summed E-state index contributed by atoms with van der Waals surface area (Å²) in [5.41, 5.74) is 1.94. The molecular weight excluding hydrogens is 957 g/mol. The highest BCUT2D eigenvalue weighted by atomic mass is 28.5. The average molecular weight is 1020 g/mol. The summed E-state index contributed by atoms with van der Waals surface area (Å²) >= 11 is 0. The lowest BCUT2D eigenvalue weighted by atomic mass is 9.81. The Morgan fingerprint density at radius 3 is 1.48 bits per heavy atom. The molecule has 4 saturated carbocycles. The van der Waals surface area contributed by atoms with Crippen molar-refractivity contribution in [1.29, 1.82) is 0 Å². The molecule has 5 aromatic carbocycles. The predicted molar refractivity (Wildman–Crippen MR) is 282 cm³/mol. The second-order valence-electron chi connectivity index (χ2n) is 22.6. The van der Waals surface area contributed by atoms with Gasteiger partial charge < -0.3 is 21.8 Å². The van der Waals surface area contributed by atoms with Gasteiger partial charge in [0.1, 0.15) is 23.0 Å². The largest absolute Gasteiger partial charge is 0.457 e. The molecule has 11 nitrogen and oxygen atoms in total. The van der Waals surface area contributed by atoms with E-state index in [2.05, 4.69) is 87.8 Å². The Hall–Kier alpha value is -5.27. The van der Waals surface area contributed by atoms with Gasteiger partial charge in [0.2, 0.25) is 23.6 Å². The minimum absolute atomic E-state index is 0.0124. The number of hydrogen-bond acceptors (Lipinski definition) is 9. The van der Waals surface area contributed by atoms with E-state index in [9.17, 15) is 19.2 Å². The van der Waals surface area contributed by atoms with Crippen LogP contribution in [0.2, 0.25) is 50.4 Å². The predicted octanol–water partition coefficient (Wildman–Crippen LogP) is 10.2. The zero-order chi connectivity index (χ0) is 49.8. The first-order valence-electron chi connectivity index (χ1n) is 25.4. The molecule has 71 heavy (non-hydrogen) atoms.